The van der Waals surface area contributed by atoms with Gasteiger partial charge in [0.15, 0.2) is 14.1 Å². The quantitative estimate of drug-likeness (QED) is 0.240. The van der Waals surface area contributed by atoms with Gasteiger partial charge < -0.3 is 9.74 Å². The van der Waals surface area contributed by atoms with Gasteiger partial charge in [-0.15, -0.1) is 0 Å². The number of ketones is 1. The molecule has 1 aromatic heterocycles. The third kappa shape index (κ3) is 6.15. The van der Waals surface area contributed by atoms with Crippen molar-refractivity contribution in [2.45, 2.75) is 52.4 Å². The van der Waals surface area contributed by atoms with Crippen LogP contribution in [0, 0.1) is 23.0 Å². The third-order valence-corrected chi connectivity index (χ3v) is 11.5. The van der Waals surface area contributed by atoms with Gasteiger partial charge in [0.1, 0.15) is 11.6 Å². The van der Waals surface area contributed by atoms with Crippen molar-refractivity contribution < 1.29 is 22.8 Å². The molecular weight excluding hydrogens is 528 g/mol. The van der Waals surface area contributed by atoms with E-state index in [1.165, 1.54) is 30.5 Å². The molecule has 1 amide bonds. The summed E-state index contributed by atoms with van der Waals surface area (Å²) < 4.78 is 36.9. The van der Waals surface area contributed by atoms with Crippen LogP contribution in [0.25, 0.3) is 11.1 Å². The summed E-state index contributed by atoms with van der Waals surface area (Å²) in [5, 5.41) is 11.5. The zero-order valence-electron chi connectivity index (χ0n) is 22.0. The highest BCUT2D eigenvalue weighted by Crippen LogP contribution is 2.37. The maximum absolute atomic E-state index is 15.6. The molecule has 0 aliphatic carbocycles. The fourth-order valence-corrected chi connectivity index (χ4v) is 4.56. The normalized spacial score (nSPS) is 11.7. The Bertz CT molecular complexity index is 1450. The topological polar surface area (TPSA) is 92.1 Å². The molecule has 3 aromatic rings. The van der Waals surface area contributed by atoms with Crippen LogP contribution in [-0.2, 0) is 11.0 Å². The van der Waals surface area contributed by atoms with Gasteiger partial charge in [-0.2, -0.15) is 5.26 Å². The summed E-state index contributed by atoms with van der Waals surface area (Å²) in [4.78, 5) is 29.5. The molecule has 0 saturated carbocycles. The van der Waals surface area contributed by atoms with Crippen molar-refractivity contribution in [1.29, 1.82) is 5.26 Å². The number of nitrogens with zero attached hydrogens (tertiary/aromatic N) is 2. The lowest BCUT2D eigenvalue weighted by atomic mass is 9.98. The number of carbonyl (C=O) groups excluding carboxylic acids is 2. The van der Waals surface area contributed by atoms with Crippen LogP contribution in [0.4, 0.5) is 14.5 Å². The van der Waals surface area contributed by atoms with Crippen molar-refractivity contribution in [3.05, 3.63) is 81.6 Å². The average Bonchev–Trinajstić information content (AvgIpc) is 2.82. The lowest BCUT2D eigenvalue weighted by Gasteiger charge is -2.36. The first-order valence-electron chi connectivity index (χ1n) is 11.8. The smallest absolute Gasteiger partial charge is 0.257 e. The first-order chi connectivity index (χ1) is 17.7. The van der Waals surface area contributed by atoms with Gasteiger partial charge in [-0.3, -0.25) is 14.6 Å². The molecule has 3 rings (SSSR count). The fraction of sp³-hybridized carbons (Fsp3) is 0.286. The second kappa shape index (κ2) is 11.1. The number of halogens is 3. The number of benzene rings is 2. The monoisotopic (exact) mass is 555 g/mol. The summed E-state index contributed by atoms with van der Waals surface area (Å²) in [6.45, 7) is 12.0. The number of anilines is 1. The van der Waals surface area contributed by atoms with E-state index in [-0.39, 0.29) is 39.0 Å². The molecule has 0 radical (unpaired) electrons. The Balaban J connectivity index is 1.94. The van der Waals surface area contributed by atoms with Gasteiger partial charge >= 0.3 is 0 Å². The van der Waals surface area contributed by atoms with Gasteiger partial charge in [0.05, 0.1) is 51.3 Å². The van der Waals surface area contributed by atoms with E-state index >= 15 is 8.78 Å². The Morgan fingerprint density at radius 1 is 1.16 bits per heavy atom. The zero-order chi connectivity index (χ0) is 28.4. The van der Waals surface area contributed by atoms with Gasteiger partial charge in [-0.1, -0.05) is 38.4 Å². The summed E-state index contributed by atoms with van der Waals surface area (Å²) >= 11 is 6.07. The minimum atomic E-state index is -2.01. The van der Waals surface area contributed by atoms with Gasteiger partial charge in [0.2, 0.25) is 0 Å². The maximum atomic E-state index is 15.6. The molecule has 0 spiro atoms. The molecule has 38 heavy (non-hydrogen) atoms. The van der Waals surface area contributed by atoms with E-state index in [0.29, 0.717) is 5.69 Å². The van der Waals surface area contributed by atoms with Crippen molar-refractivity contribution in [2.75, 3.05) is 5.32 Å². The van der Waals surface area contributed by atoms with E-state index in [4.69, 9.17) is 21.3 Å². The maximum Gasteiger partial charge on any atom is 0.257 e. The number of Topliss-reactive ketones (excluding diaryl/α,β-unsaturated/α-hetero) is 1. The number of rotatable bonds is 7. The average molecular weight is 556 g/mol. The lowest BCUT2D eigenvalue weighted by Crippen LogP contribution is -2.40. The first-order valence-corrected chi connectivity index (χ1v) is 15.1. The minimum Gasteiger partial charge on any atom is -0.411 e. The number of amides is 1. The Hall–Kier alpha value is -3.45. The number of carbonyl (C=O) groups is 2. The van der Waals surface area contributed by atoms with Gasteiger partial charge in [0.25, 0.3) is 5.91 Å². The van der Waals surface area contributed by atoms with E-state index in [1.807, 2.05) is 6.07 Å². The number of pyridine rings is 1. The van der Waals surface area contributed by atoms with Crippen LogP contribution in [0.1, 0.15) is 59.7 Å². The molecule has 10 heteroatoms. The highest BCUT2D eigenvalue weighted by molar-refractivity contribution is 6.74. The third-order valence-electron chi connectivity index (χ3n) is 6.66. The summed E-state index contributed by atoms with van der Waals surface area (Å²) in [5.74, 6) is -3.67. The molecule has 0 unspecified atom stereocenters. The van der Waals surface area contributed by atoms with E-state index in [1.54, 1.807) is 6.07 Å². The summed E-state index contributed by atoms with van der Waals surface area (Å²) in [6.07, 6.45) is 1.32. The van der Waals surface area contributed by atoms with Gasteiger partial charge in [-0.25, -0.2) is 8.78 Å². The van der Waals surface area contributed by atoms with E-state index < -0.39 is 42.8 Å². The van der Waals surface area contributed by atoms with Crippen LogP contribution < -0.4 is 5.32 Å². The zero-order valence-corrected chi connectivity index (χ0v) is 23.8. The predicted octanol–water partition coefficient (Wildman–Crippen LogP) is 7.53. The van der Waals surface area contributed by atoms with Crippen LogP contribution in [0.2, 0.25) is 23.2 Å². The largest absolute Gasteiger partial charge is 0.411 e. The molecule has 6 nitrogen and oxygen atoms in total. The first kappa shape index (κ1) is 29.1. The molecule has 0 aliphatic rings. The van der Waals surface area contributed by atoms with Crippen molar-refractivity contribution in [2.24, 2.45) is 0 Å². The number of aromatic nitrogens is 1. The second-order valence-electron chi connectivity index (χ2n) is 10.4. The molecule has 2 aromatic carbocycles. The van der Waals surface area contributed by atoms with Crippen LogP contribution in [0.3, 0.4) is 0 Å². The number of hydrogen-bond acceptors (Lipinski definition) is 5. The Kier molecular flexibility index (Phi) is 8.51. The van der Waals surface area contributed by atoms with Crippen molar-refractivity contribution in [3.8, 4) is 17.2 Å². The van der Waals surface area contributed by atoms with Crippen LogP contribution in [-0.4, -0.2) is 25.0 Å². The van der Waals surface area contributed by atoms with Gasteiger partial charge in [-0.05, 0) is 55.4 Å². The van der Waals surface area contributed by atoms with E-state index in [0.717, 1.165) is 13.0 Å². The van der Waals surface area contributed by atoms with Crippen molar-refractivity contribution in [1.82, 2.24) is 4.98 Å². The Morgan fingerprint density at radius 2 is 1.84 bits per heavy atom. The number of nitriles is 1. The molecular formula is C28H28ClF2N3O3Si. The summed E-state index contributed by atoms with van der Waals surface area (Å²) in [7, 11) is -2.01. The Labute approximate surface area is 226 Å². The van der Waals surface area contributed by atoms with Crippen LogP contribution >= 0.6 is 11.6 Å². The summed E-state index contributed by atoms with van der Waals surface area (Å²) in [5.41, 5.74) is -0.468. The molecule has 1 N–H and O–H groups in total. The molecule has 0 atom stereocenters. The Morgan fingerprint density at radius 3 is 2.39 bits per heavy atom. The molecule has 1 heterocycles. The van der Waals surface area contributed by atoms with Crippen LogP contribution in [0.15, 0.2) is 42.6 Å². The SMILES string of the molecule is CC(=O)c1c(NC(=O)c2cc(C#N)ccc2Cl)cc(F)c(-c2ccc(CO[Si](C)(C)C(C)(C)C)nc2)c1F. The van der Waals surface area contributed by atoms with E-state index in [9.17, 15) is 9.59 Å². The van der Waals surface area contributed by atoms with Crippen molar-refractivity contribution in [3.63, 3.8) is 0 Å². The number of nitrogens with one attached hydrogen (secondary N) is 1. The second-order valence-corrected chi connectivity index (χ2v) is 15.6. The lowest BCUT2D eigenvalue weighted by molar-refractivity contribution is 0.101. The fourth-order valence-electron chi connectivity index (χ4n) is 3.41. The molecule has 198 valence electrons. The molecule has 0 saturated heterocycles. The summed E-state index contributed by atoms with van der Waals surface area (Å²) in [6, 6.07) is 9.92. The highest BCUT2D eigenvalue weighted by Gasteiger charge is 2.37. The predicted molar refractivity (Wildman–Crippen MR) is 146 cm³/mol. The highest BCUT2D eigenvalue weighted by atomic mass is 35.5. The molecule has 0 aliphatic heterocycles. The standard InChI is InChI=1S/C28H28ClF2N3O3Si/c1-16(35)24-23(34-27(36)20-11-17(13-32)7-10-21(20)29)12-22(30)25(26(24)31)18-8-9-19(33-14-18)15-37-38(5,6)28(2,3)4/h7-12,14H,15H2,1-6H3,(H,34,36). The minimum absolute atomic E-state index is 0.0172. The van der Waals surface area contributed by atoms with Crippen LogP contribution in [0.5, 0.6) is 0 Å². The number of hydrogen-bond donors (Lipinski definition) is 1. The molecule has 0 bridgehead atoms. The van der Waals surface area contributed by atoms with E-state index in [2.05, 4.69) is 44.2 Å². The molecule has 0 fully saturated rings. The van der Waals surface area contributed by atoms with Gasteiger partial charge in [0, 0.05) is 11.8 Å². The van der Waals surface area contributed by atoms with Crippen molar-refractivity contribution >= 4 is 37.3 Å².